The molecule has 126 valence electrons. The predicted molar refractivity (Wildman–Crippen MR) is 77.9 cm³/mol. The van der Waals surface area contributed by atoms with Gasteiger partial charge in [0.25, 0.3) is 0 Å². The molecule has 0 saturated heterocycles. The lowest BCUT2D eigenvalue weighted by atomic mass is 9.86. The molecule has 9 heteroatoms. The number of ether oxygens (including phenoxy) is 1. The molecule has 1 aromatic carbocycles. The fourth-order valence-corrected chi connectivity index (χ4v) is 2.99. The lowest BCUT2D eigenvalue weighted by Gasteiger charge is -2.47. The number of hydrogen-bond acceptors (Lipinski definition) is 9. The molecule has 2 atom stereocenters. The summed E-state index contributed by atoms with van der Waals surface area (Å²) in [5.74, 6) is 0.142. The molecule has 0 bridgehead atoms. The van der Waals surface area contributed by atoms with Gasteiger partial charge in [0.2, 0.25) is 0 Å². The van der Waals surface area contributed by atoms with E-state index < -0.39 is 17.7 Å². The molecule has 2 N–H and O–H groups in total. The standard InChI is InChI=1S/C15H16N4O5/c1-15(2)14(21)13(18-4-3-8(20)7-19(18)22)9-5-10-11(17-24-16-10)6-12(9)23-15/h3-7,13-14,20-22H,1-2H3/p-1. The smallest absolute Gasteiger partial charge is 0.138 e. The molecule has 0 saturated carbocycles. The monoisotopic (exact) mass is 331 g/mol. The zero-order valence-electron chi connectivity index (χ0n) is 12.9. The summed E-state index contributed by atoms with van der Waals surface area (Å²) in [5.41, 5.74) is 0.686. The van der Waals surface area contributed by atoms with Crippen molar-refractivity contribution in [2.75, 3.05) is 0 Å². The Morgan fingerprint density at radius 1 is 1.25 bits per heavy atom. The lowest BCUT2D eigenvalue weighted by Crippen LogP contribution is -2.55. The molecule has 0 spiro atoms. The van der Waals surface area contributed by atoms with E-state index >= 15 is 0 Å². The predicted octanol–water partition coefficient (Wildman–Crippen LogP) is 0.433. The number of hydrazine groups is 1. The summed E-state index contributed by atoms with van der Waals surface area (Å²) >= 11 is 0. The van der Waals surface area contributed by atoms with Crippen LogP contribution in [0.5, 0.6) is 5.75 Å². The summed E-state index contributed by atoms with van der Waals surface area (Å²) < 4.78 is 10.6. The molecule has 3 heterocycles. The highest BCUT2D eigenvalue weighted by atomic mass is 16.6. The number of fused-ring (bicyclic) bond motifs is 2. The van der Waals surface area contributed by atoms with Crippen LogP contribution in [0.25, 0.3) is 11.0 Å². The van der Waals surface area contributed by atoms with E-state index in [4.69, 9.17) is 9.37 Å². The molecule has 4 rings (SSSR count). The molecular weight excluding hydrogens is 316 g/mol. The largest absolute Gasteiger partial charge is 0.871 e. The second kappa shape index (κ2) is 4.86. The first-order valence-electron chi connectivity index (χ1n) is 7.33. The molecule has 2 aromatic rings. The highest BCUT2D eigenvalue weighted by molar-refractivity contribution is 5.77. The van der Waals surface area contributed by atoms with Crippen molar-refractivity contribution in [1.82, 2.24) is 20.5 Å². The first kappa shape index (κ1) is 14.8. The van der Waals surface area contributed by atoms with Crippen LogP contribution in [-0.2, 0) is 0 Å². The first-order chi connectivity index (χ1) is 11.4. The Balaban J connectivity index is 1.87. The average molecular weight is 331 g/mol. The Bertz CT molecular complexity index is 859. The third-order valence-electron chi connectivity index (χ3n) is 4.24. The van der Waals surface area contributed by atoms with Crippen molar-refractivity contribution in [3.63, 3.8) is 0 Å². The van der Waals surface area contributed by atoms with Crippen molar-refractivity contribution in [1.29, 1.82) is 0 Å². The maximum Gasteiger partial charge on any atom is 0.138 e. The van der Waals surface area contributed by atoms with E-state index in [1.165, 1.54) is 17.3 Å². The van der Waals surface area contributed by atoms with Crippen molar-refractivity contribution in [3.8, 4) is 5.75 Å². The van der Waals surface area contributed by atoms with Crippen molar-refractivity contribution in [2.24, 2.45) is 0 Å². The summed E-state index contributed by atoms with van der Waals surface area (Å²) in [5, 5.41) is 41.9. The van der Waals surface area contributed by atoms with E-state index in [9.17, 15) is 15.4 Å². The number of allylic oxidation sites excluding steroid dienone is 1. The highest BCUT2D eigenvalue weighted by Gasteiger charge is 2.46. The highest BCUT2D eigenvalue weighted by Crippen LogP contribution is 2.45. The molecule has 0 amide bonds. The van der Waals surface area contributed by atoms with Gasteiger partial charge in [-0.05, 0) is 30.2 Å². The first-order valence-corrected chi connectivity index (χ1v) is 7.33. The SMILES string of the molecule is CC1(C)Oc2cc3nonc3cc2C(N2C=CC([O-])=CN2O)C1O. The molecule has 0 radical (unpaired) electrons. The van der Waals surface area contributed by atoms with Crippen LogP contribution in [0.1, 0.15) is 25.5 Å². The van der Waals surface area contributed by atoms with Crippen molar-refractivity contribution >= 4 is 11.0 Å². The van der Waals surface area contributed by atoms with Crippen LogP contribution in [-0.4, -0.2) is 42.5 Å². The molecule has 2 aliphatic rings. The summed E-state index contributed by atoms with van der Waals surface area (Å²) in [4.78, 5) is 0. The van der Waals surface area contributed by atoms with Crippen molar-refractivity contribution < 1.29 is 24.8 Å². The number of hydroxylamine groups is 1. The minimum absolute atomic E-state index is 0.356. The summed E-state index contributed by atoms with van der Waals surface area (Å²) in [6.07, 6.45) is 2.73. The third kappa shape index (κ3) is 2.09. The van der Waals surface area contributed by atoms with Gasteiger partial charge in [0.1, 0.15) is 34.5 Å². The quantitative estimate of drug-likeness (QED) is 0.767. The lowest BCUT2D eigenvalue weighted by molar-refractivity contribution is -0.309. The van der Waals surface area contributed by atoms with Crippen LogP contribution >= 0.6 is 0 Å². The molecule has 0 fully saturated rings. The van der Waals surface area contributed by atoms with E-state index in [0.717, 1.165) is 6.20 Å². The topological polar surface area (TPSA) is 118 Å². The van der Waals surface area contributed by atoms with Crippen LogP contribution in [0.4, 0.5) is 0 Å². The molecule has 2 unspecified atom stereocenters. The van der Waals surface area contributed by atoms with Gasteiger partial charge in [-0.1, -0.05) is 11.8 Å². The summed E-state index contributed by atoms with van der Waals surface area (Å²) in [6, 6.07) is 2.66. The number of aliphatic hydroxyl groups is 1. The van der Waals surface area contributed by atoms with Gasteiger partial charge in [-0.25, -0.2) is 4.63 Å². The summed E-state index contributed by atoms with van der Waals surface area (Å²) in [7, 11) is 0. The average Bonchev–Trinajstić information content (AvgIpc) is 2.95. The molecule has 2 aliphatic heterocycles. The molecule has 1 aromatic heterocycles. The molecule has 24 heavy (non-hydrogen) atoms. The van der Waals surface area contributed by atoms with Crippen LogP contribution in [0, 0.1) is 0 Å². The number of aromatic nitrogens is 2. The van der Waals surface area contributed by atoms with Crippen molar-refractivity contribution in [3.05, 3.63) is 41.9 Å². The zero-order valence-corrected chi connectivity index (χ0v) is 12.9. The molecule has 9 nitrogen and oxygen atoms in total. The number of hydrogen-bond donors (Lipinski definition) is 2. The normalized spacial score (nSPS) is 25.4. The maximum absolute atomic E-state index is 11.4. The fourth-order valence-electron chi connectivity index (χ4n) is 2.99. The second-order valence-corrected chi connectivity index (χ2v) is 6.29. The van der Waals surface area contributed by atoms with Gasteiger partial charge in [-0.3, -0.25) is 10.2 Å². The van der Waals surface area contributed by atoms with Crippen LogP contribution in [0.3, 0.4) is 0 Å². The van der Waals surface area contributed by atoms with Crippen LogP contribution < -0.4 is 9.84 Å². The Morgan fingerprint density at radius 3 is 2.67 bits per heavy atom. The van der Waals surface area contributed by atoms with Gasteiger partial charge in [0, 0.05) is 24.0 Å². The van der Waals surface area contributed by atoms with Gasteiger partial charge < -0.3 is 14.9 Å². The Kier molecular flexibility index (Phi) is 2.99. The fraction of sp³-hybridized carbons (Fsp3) is 0.333. The number of benzene rings is 1. The Morgan fingerprint density at radius 2 is 1.96 bits per heavy atom. The Hall–Kier alpha value is -2.78. The van der Waals surface area contributed by atoms with E-state index in [-0.39, 0.29) is 5.76 Å². The van der Waals surface area contributed by atoms with Gasteiger partial charge in [-0.15, -0.1) is 0 Å². The second-order valence-electron chi connectivity index (χ2n) is 6.29. The summed E-state index contributed by atoms with van der Waals surface area (Å²) in [6.45, 7) is 3.48. The minimum atomic E-state index is -0.997. The number of aliphatic hydroxyl groups excluding tert-OH is 1. The van der Waals surface area contributed by atoms with E-state index in [1.54, 1.807) is 26.0 Å². The van der Waals surface area contributed by atoms with Gasteiger partial charge in [-0.2, -0.15) is 5.17 Å². The molecule has 0 aliphatic carbocycles. The zero-order chi connectivity index (χ0) is 17.1. The van der Waals surface area contributed by atoms with E-state index in [2.05, 4.69) is 10.3 Å². The van der Waals surface area contributed by atoms with Gasteiger partial charge in [0.05, 0.1) is 0 Å². The van der Waals surface area contributed by atoms with E-state index in [0.29, 0.717) is 27.5 Å². The van der Waals surface area contributed by atoms with Gasteiger partial charge >= 0.3 is 0 Å². The van der Waals surface area contributed by atoms with E-state index in [1.807, 2.05) is 0 Å². The number of nitrogens with zero attached hydrogens (tertiary/aromatic N) is 4. The van der Waals surface area contributed by atoms with Gasteiger partial charge in [0.15, 0.2) is 0 Å². The number of rotatable bonds is 1. The molecular formula is C15H15N4O5-. The Labute approximate surface area is 136 Å². The maximum atomic E-state index is 11.4. The van der Waals surface area contributed by atoms with Crippen LogP contribution in [0.2, 0.25) is 0 Å². The van der Waals surface area contributed by atoms with Crippen molar-refractivity contribution in [2.45, 2.75) is 31.6 Å². The van der Waals surface area contributed by atoms with Crippen LogP contribution in [0.15, 0.2) is 41.0 Å². The third-order valence-corrected chi connectivity index (χ3v) is 4.24. The minimum Gasteiger partial charge on any atom is -0.871 e.